The molecule has 11 nitrogen and oxygen atoms in total. The molecular formula is C28H41N7O4. The van der Waals surface area contributed by atoms with Gasteiger partial charge in [0, 0.05) is 52.9 Å². The number of nitrogens with zero attached hydrogens (tertiary/aromatic N) is 5. The number of amides is 3. The molecule has 0 bridgehead atoms. The lowest BCUT2D eigenvalue weighted by atomic mass is 9.87. The van der Waals surface area contributed by atoms with Gasteiger partial charge in [-0.2, -0.15) is 0 Å². The predicted octanol–water partition coefficient (Wildman–Crippen LogP) is 1.35. The molecule has 3 amide bonds. The van der Waals surface area contributed by atoms with Gasteiger partial charge in [0.2, 0.25) is 17.7 Å². The van der Waals surface area contributed by atoms with E-state index in [0.29, 0.717) is 31.8 Å². The van der Waals surface area contributed by atoms with E-state index < -0.39 is 12.1 Å². The van der Waals surface area contributed by atoms with Crippen molar-refractivity contribution in [1.29, 1.82) is 0 Å². The number of fused-ring (bicyclic) bond motifs is 1. The number of benzene rings is 1. The lowest BCUT2D eigenvalue weighted by Crippen LogP contribution is -2.51. The lowest BCUT2D eigenvalue weighted by Gasteiger charge is -2.27. The van der Waals surface area contributed by atoms with Gasteiger partial charge in [-0.1, -0.05) is 11.3 Å². The molecule has 212 valence electrons. The van der Waals surface area contributed by atoms with Gasteiger partial charge in [-0.15, -0.1) is 5.10 Å². The van der Waals surface area contributed by atoms with Gasteiger partial charge < -0.3 is 25.6 Å². The minimum atomic E-state index is -0.798. The molecule has 0 spiro atoms. The van der Waals surface area contributed by atoms with Crippen molar-refractivity contribution < 1.29 is 19.1 Å². The molecule has 3 unspecified atom stereocenters. The Morgan fingerprint density at radius 1 is 1.15 bits per heavy atom. The summed E-state index contributed by atoms with van der Waals surface area (Å²) in [5.41, 5.74) is 8.94. The highest BCUT2D eigenvalue weighted by Crippen LogP contribution is 2.33. The number of aromatic nitrogens is 3. The van der Waals surface area contributed by atoms with Crippen LogP contribution in [-0.4, -0.2) is 87.4 Å². The third kappa shape index (κ3) is 6.58. The van der Waals surface area contributed by atoms with Crippen LogP contribution < -0.4 is 11.1 Å². The fourth-order valence-corrected chi connectivity index (χ4v) is 6.28. The van der Waals surface area contributed by atoms with E-state index in [9.17, 15) is 14.4 Å². The highest BCUT2D eigenvalue weighted by atomic mass is 16.5. The van der Waals surface area contributed by atoms with Crippen molar-refractivity contribution >= 4 is 28.8 Å². The van der Waals surface area contributed by atoms with Crippen molar-refractivity contribution in [2.45, 2.75) is 70.0 Å². The van der Waals surface area contributed by atoms with Crippen LogP contribution in [0.15, 0.2) is 18.2 Å². The number of aryl methyl sites for hydroxylation is 1. The van der Waals surface area contributed by atoms with Gasteiger partial charge in [0.05, 0.1) is 11.6 Å². The summed E-state index contributed by atoms with van der Waals surface area (Å²) < 4.78 is 7.22. The Morgan fingerprint density at radius 3 is 2.69 bits per heavy atom. The summed E-state index contributed by atoms with van der Waals surface area (Å²) in [5, 5.41) is 11.2. The number of nitrogens with one attached hydrogen (secondary N) is 1. The normalized spacial score (nSPS) is 22.9. The van der Waals surface area contributed by atoms with E-state index in [1.54, 1.807) is 9.58 Å². The molecule has 1 aromatic heterocycles. The number of ether oxygens (including phenoxy) is 1. The van der Waals surface area contributed by atoms with Crippen molar-refractivity contribution in [2.24, 2.45) is 24.6 Å². The third-order valence-electron chi connectivity index (χ3n) is 8.57. The number of nitrogens with two attached hydrogens (primary N) is 1. The first-order valence-electron chi connectivity index (χ1n) is 14.4. The molecule has 3 fully saturated rings. The van der Waals surface area contributed by atoms with Gasteiger partial charge in [-0.3, -0.25) is 14.4 Å². The maximum Gasteiger partial charge on any atom is 0.243 e. The fraction of sp³-hybridized carbons (Fsp3) is 0.679. The van der Waals surface area contributed by atoms with E-state index in [1.807, 2.05) is 30.1 Å². The Labute approximate surface area is 229 Å². The van der Waals surface area contributed by atoms with Crippen LogP contribution in [0.1, 0.15) is 56.9 Å². The van der Waals surface area contributed by atoms with E-state index in [4.69, 9.17) is 10.5 Å². The van der Waals surface area contributed by atoms with Gasteiger partial charge in [-0.25, -0.2) is 4.68 Å². The number of carbonyl (C=O) groups is 3. The van der Waals surface area contributed by atoms with Gasteiger partial charge in [0.15, 0.2) is 0 Å². The second-order valence-corrected chi connectivity index (χ2v) is 11.4. The summed E-state index contributed by atoms with van der Waals surface area (Å²) in [6.45, 7) is 3.98. The van der Waals surface area contributed by atoms with E-state index in [2.05, 4.69) is 15.6 Å². The smallest absolute Gasteiger partial charge is 0.243 e. The number of hydrogen-bond acceptors (Lipinski definition) is 7. The SMILES string of the molecule is Cn1nnc2cc(CNC(=O)C3CC(CC4CCOCC4)CN3C(=O)C(N)CCC(=O)N3CCCC3)ccc21. The van der Waals surface area contributed by atoms with Gasteiger partial charge in [0.1, 0.15) is 11.6 Å². The quantitative estimate of drug-likeness (QED) is 0.491. The minimum Gasteiger partial charge on any atom is -0.381 e. The van der Waals surface area contributed by atoms with Gasteiger partial charge >= 0.3 is 0 Å². The molecule has 0 radical (unpaired) electrons. The second kappa shape index (κ2) is 12.4. The topological polar surface area (TPSA) is 136 Å². The Balaban J connectivity index is 1.22. The number of carbonyl (C=O) groups excluding carboxylic acids is 3. The molecule has 3 atom stereocenters. The number of rotatable bonds is 9. The third-order valence-corrected chi connectivity index (χ3v) is 8.57. The zero-order valence-electron chi connectivity index (χ0n) is 22.9. The average Bonchev–Trinajstić information content (AvgIpc) is 3.71. The minimum absolute atomic E-state index is 0.0592. The highest BCUT2D eigenvalue weighted by molar-refractivity contribution is 5.90. The fourth-order valence-electron chi connectivity index (χ4n) is 6.28. The molecule has 3 N–H and O–H groups in total. The molecule has 3 saturated heterocycles. The van der Waals surface area contributed by atoms with Crippen LogP contribution in [0.4, 0.5) is 0 Å². The molecule has 3 aliphatic rings. The first-order chi connectivity index (χ1) is 18.9. The number of hydrogen-bond donors (Lipinski definition) is 2. The summed E-state index contributed by atoms with van der Waals surface area (Å²) in [4.78, 5) is 43.0. The monoisotopic (exact) mass is 539 g/mol. The molecular weight excluding hydrogens is 498 g/mol. The molecule has 0 saturated carbocycles. The van der Waals surface area contributed by atoms with E-state index >= 15 is 0 Å². The van der Waals surface area contributed by atoms with Gasteiger partial charge in [0.25, 0.3) is 0 Å². The summed E-state index contributed by atoms with van der Waals surface area (Å²) in [6, 6.07) is 4.44. The van der Waals surface area contributed by atoms with Crippen molar-refractivity contribution in [3.8, 4) is 0 Å². The van der Waals surface area contributed by atoms with Crippen LogP contribution in [-0.2, 0) is 32.7 Å². The molecule has 0 aliphatic carbocycles. The van der Waals surface area contributed by atoms with Crippen molar-refractivity contribution in [1.82, 2.24) is 30.1 Å². The maximum atomic E-state index is 13.5. The van der Waals surface area contributed by atoms with Crippen molar-refractivity contribution in [3.63, 3.8) is 0 Å². The predicted molar refractivity (Wildman–Crippen MR) is 145 cm³/mol. The van der Waals surface area contributed by atoms with E-state index in [0.717, 1.165) is 75.0 Å². The highest BCUT2D eigenvalue weighted by Gasteiger charge is 2.41. The lowest BCUT2D eigenvalue weighted by molar-refractivity contribution is -0.140. The standard InChI is InChI=1S/C28H41N7O4/c1-33-24-6-4-20(15-23(24)31-32-33)17-30-27(37)25-16-21(14-19-8-12-39-13-9-19)18-35(25)28(38)22(29)5-7-26(36)34-10-2-3-11-34/h4,6,15,19,21-22,25H,2-3,5,7-14,16-18,29H2,1H3,(H,30,37). The molecule has 1 aromatic carbocycles. The molecule has 3 aliphatic heterocycles. The molecule has 2 aromatic rings. The van der Waals surface area contributed by atoms with Crippen LogP contribution in [0.25, 0.3) is 11.0 Å². The summed E-state index contributed by atoms with van der Waals surface area (Å²) in [5.74, 6) is 0.441. The van der Waals surface area contributed by atoms with E-state index in [-0.39, 0.29) is 30.1 Å². The molecule has 39 heavy (non-hydrogen) atoms. The molecule has 11 heteroatoms. The molecule has 5 rings (SSSR count). The van der Waals surface area contributed by atoms with Crippen LogP contribution in [0.5, 0.6) is 0 Å². The Morgan fingerprint density at radius 2 is 1.92 bits per heavy atom. The largest absolute Gasteiger partial charge is 0.381 e. The summed E-state index contributed by atoms with van der Waals surface area (Å²) in [6.07, 6.45) is 6.25. The summed E-state index contributed by atoms with van der Waals surface area (Å²) >= 11 is 0. The van der Waals surface area contributed by atoms with Crippen molar-refractivity contribution in [3.05, 3.63) is 23.8 Å². The molecule has 4 heterocycles. The van der Waals surface area contributed by atoms with Crippen molar-refractivity contribution in [2.75, 3.05) is 32.8 Å². The van der Waals surface area contributed by atoms with Crippen LogP contribution >= 0.6 is 0 Å². The Hall–Kier alpha value is -3.05. The zero-order valence-corrected chi connectivity index (χ0v) is 22.9. The second-order valence-electron chi connectivity index (χ2n) is 11.4. The van der Waals surface area contributed by atoms with Gasteiger partial charge in [-0.05, 0) is 74.5 Å². The summed E-state index contributed by atoms with van der Waals surface area (Å²) in [7, 11) is 1.84. The average molecular weight is 540 g/mol. The Bertz CT molecular complexity index is 1170. The zero-order chi connectivity index (χ0) is 27.4. The van der Waals surface area contributed by atoms with Crippen LogP contribution in [0, 0.1) is 11.8 Å². The number of likely N-dealkylation sites (tertiary alicyclic amines) is 2. The first-order valence-corrected chi connectivity index (χ1v) is 14.4. The van der Waals surface area contributed by atoms with Crippen LogP contribution in [0.2, 0.25) is 0 Å². The Kier molecular flexibility index (Phi) is 8.76. The van der Waals surface area contributed by atoms with E-state index in [1.165, 1.54) is 0 Å². The maximum absolute atomic E-state index is 13.5. The first kappa shape index (κ1) is 27.5. The van der Waals surface area contributed by atoms with Crippen LogP contribution in [0.3, 0.4) is 0 Å².